The van der Waals surface area contributed by atoms with Crippen LogP contribution in [0.5, 0.6) is 5.75 Å². The molecule has 1 aromatic carbocycles. The maximum absolute atomic E-state index is 12.2. The van der Waals surface area contributed by atoms with E-state index in [2.05, 4.69) is 24.9 Å². The summed E-state index contributed by atoms with van der Waals surface area (Å²) in [6.45, 7) is 3.34. The van der Waals surface area contributed by atoms with Gasteiger partial charge in [-0.25, -0.2) is 0 Å². The Morgan fingerprint density at radius 2 is 1.92 bits per heavy atom. The molecule has 0 spiro atoms. The zero-order valence-corrected chi connectivity index (χ0v) is 16.5. The van der Waals surface area contributed by atoms with Gasteiger partial charge in [-0.3, -0.25) is 4.90 Å². The van der Waals surface area contributed by atoms with Gasteiger partial charge in [0, 0.05) is 18.0 Å². The molecule has 4 rings (SSSR count). The number of phenolic OH excluding ortho intramolecular Hbond substituents is 1. The molecule has 3 atom stereocenters. The zero-order chi connectivity index (χ0) is 18.4. The molecule has 0 amide bonds. The molecule has 144 valence electrons. The highest BCUT2D eigenvalue weighted by Crippen LogP contribution is 2.56. The van der Waals surface area contributed by atoms with Gasteiger partial charge in [-0.2, -0.15) is 0 Å². The van der Waals surface area contributed by atoms with Crippen LogP contribution in [0.1, 0.15) is 75.8 Å². The van der Waals surface area contributed by atoms with Crippen LogP contribution in [0.4, 0.5) is 0 Å². The summed E-state index contributed by atoms with van der Waals surface area (Å²) in [5.74, 6) is 1.16. The van der Waals surface area contributed by atoms with Crippen molar-refractivity contribution in [2.45, 2.75) is 88.2 Å². The van der Waals surface area contributed by atoms with Gasteiger partial charge in [-0.15, -0.1) is 0 Å². The smallest absolute Gasteiger partial charge is 0.115 e. The lowest BCUT2D eigenvalue weighted by Gasteiger charge is -2.60. The van der Waals surface area contributed by atoms with Crippen molar-refractivity contribution in [2.24, 2.45) is 5.92 Å². The number of benzene rings is 1. The number of aromatic hydroxyl groups is 1. The molecule has 0 aromatic heterocycles. The molecule has 1 aromatic rings. The monoisotopic (exact) mass is 357 g/mol. The van der Waals surface area contributed by atoms with Crippen molar-refractivity contribution in [1.29, 1.82) is 0 Å². The van der Waals surface area contributed by atoms with E-state index < -0.39 is 5.60 Å². The predicted molar refractivity (Wildman–Crippen MR) is 106 cm³/mol. The maximum atomic E-state index is 12.2. The first-order valence-corrected chi connectivity index (χ1v) is 10.7. The fourth-order valence-electron chi connectivity index (χ4n) is 6.33. The molecular weight excluding hydrogens is 322 g/mol. The van der Waals surface area contributed by atoms with Crippen LogP contribution in [0.25, 0.3) is 0 Å². The predicted octanol–water partition coefficient (Wildman–Crippen LogP) is 4.39. The fraction of sp³-hybridized carbons (Fsp3) is 0.739. The summed E-state index contributed by atoms with van der Waals surface area (Å²) >= 11 is 0. The Morgan fingerprint density at radius 1 is 1.15 bits per heavy atom. The average Bonchev–Trinajstić information content (AvgIpc) is 2.58. The van der Waals surface area contributed by atoms with Gasteiger partial charge in [0.15, 0.2) is 0 Å². The zero-order valence-electron chi connectivity index (χ0n) is 16.5. The summed E-state index contributed by atoms with van der Waals surface area (Å²) < 4.78 is 0. The van der Waals surface area contributed by atoms with Crippen molar-refractivity contribution >= 4 is 0 Å². The Kier molecular flexibility index (Phi) is 4.81. The lowest BCUT2D eigenvalue weighted by atomic mass is 9.51. The second-order valence-corrected chi connectivity index (χ2v) is 9.26. The minimum absolute atomic E-state index is 0.187. The van der Waals surface area contributed by atoms with E-state index in [1.165, 1.54) is 36.8 Å². The number of fused-ring (bicyclic) bond motifs is 3. The SMILES string of the molecule is CCC[C@]12CCCCC1(O)C(N(C)CC1CCC1)Cc1ccc(O)cc12. The Hall–Kier alpha value is -1.06. The normalized spacial score (nSPS) is 34.2. The van der Waals surface area contributed by atoms with Gasteiger partial charge in [0.2, 0.25) is 0 Å². The summed E-state index contributed by atoms with van der Waals surface area (Å²) in [5.41, 5.74) is 1.69. The van der Waals surface area contributed by atoms with Crippen LogP contribution in [0.3, 0.4) is 0 Å². The van der Waals surface area contributed by atoms with E-state index in [1.54, 1.807) is 0 Å². The number of hydrogen-bond donors (Lipinski definition) is 2. The lowest BCUT2D eigenvalue weighted by molar-refractivity contribution is -0.137. The van der Waals surface area contributed by atoms with Crippen molar-refractivity contribution < 1.29 is 10.2 Å². The minimum atomic E-state index is -0.680. The second kappa shape index (κ2) is 6.83. The Labute approximate surface area is 158 Å². The molecule has 0 heterocycles. The number of hydrogen-bond acceptors (Lipinski definition) is 3. The van der Waals surface area contributed by atoms with Gasteiger partial charge in [0.1, 0.15) is 5.75 Å². The van der Waals surface area contributed by atoms with Crippen molar-refractivity contribution in [2.75, 3.05) is 13.6 Å². The molecule has 0 saturated heterocycles. The minimum Gasteiger partial charge on any atom is -0.508 e. The molecule has 2 saturated carbocycles. The fourth-order valence-corrected chi connectivity index (χ4v) is 6.33. The number of aliphatic hydroxyl groups is 1. The van der Waals surface area contributed by atoms with Gasteiger partial charge in [0.05, 0.1) is 5.60 Å². The molecule has 3 aliphatic carbocycles. The number of phenols is 1. The molecule has 2 fully saturated rings. The molecule has 3 heteroatoms. The van der Waals surface area contributed by atoms with E-state index in [9.17, 15) is 10.2 Å². The van der Waals surface area contributed by atoms with E-state index in [-0.39, 0.29) is 11.5 Å². The van der Waals surface area contributed by atoms with E-state index >= 15 is 0 Å². The topological polar surface area (TPSA) is 43.7 Å². The average molecular weight is 358 g/mol. The maximum Gasteiger partial charge on any atom is 0.115 e. The molecule has 26 heavy (non-hydrogen) atoms. The van der Waals surface area contributed by atoms with Crippen molar-refractivity contribution in [3.8, 4) is 5.75 Å². The van der Waals surface area contributed by atoms with Crippen LogP contribution in [0.2, 0.25) is 0 Å². The molecule has 3 aliphatic rings. The highest BCUT2D eigenvalue weighted by atomic mass is 16.3. The summed E-state index contributed by atoms with van der Waals surface area (Å²) in [4.78, 5) is 2.48. The van der Waals surface area contributed by atoms with Crippen LogP contribution in [0.15, 0.2) is 18.2 Å². The third kappa shape index (κ3) is 2.70. The van der Waals surface area contributed by atoms with Gasteiger partial charge in [0.25, 0.3) is 0 Å². The molecule has 0 bridgehead atoms. The Balaban J connectivity index is 1.78. The second-order valence-electron chi connectivity index (χ2n) is 9.26. The van der Waals surface area contributed by atoms with E-state index in [0.29, 0.717) is 5.75 Å². The van der Waals surface area contributed by atoms with Gasteiger partial charge < -0.3 is 10.2 Å². The standard InChI is InChI=1S/C23H35NO2/c1-3-11-22-12-4-5-13-23(22,26)21(24(2)16-17-7-6-8-17)14-18-9-10-19(25)15-20(18)22/h9-10,15,17,21,25-26H,3-8,11-14,16H2,1-2H3/t21?,22-,23?/m1/s1. The first kappa shape index (κ1) is 18.3. The number of rotatable bonds is 5. The third-order valence-corrected chi connectivity index (χ3v) is 7.79. The van der Waals surface area contributed by atoms with Gasteiger partial charge in [-0.1, -0.05) is 38.7 Å². The van der Waals surface area contributed by atoms with Crippen molar-refractivity contribution in [1.82, 2.24) is 4.90 Å². The molecule has 0 radical (unpaired) electrons. The van der Waals surface area contributed by atoms with Gasteiger partial charge in [-0.05, 0) is 74.8 Å². The first-order chi connectivity index (χ1) is 12.5. The summed E-state index contributed by atoms with van der Waals surface area (Å²) in [6.07, 6.45) is 11.3. The number of likely N-dealkylation sites (N-methyl/N-ethyl adjacent to an activating group) is 1. The summed E-state index contributed by atoms with van der Waals surface area (Å²) in [5, 5.41) is 22.4. The number of nitrogens with zero attached hydrogens (tertiary/aromatic N) is 1. The van der Waals surface area contributed by atoms with E-state index in [0.717, 1.165) is 51.0 Å². The third-order valence-electron chi connectivity index (χ3n) is 7.79. The molecule has 2 N–H and O–H groups in total. The van der Waals surface area contributed by atoms with Crippen LogP contribution in [-0.4, -0.2) is 40.3 Å². The lowest BCUT2D eigenvalue weighted by Crippen LogP contribution is -2.68. The Bertz CT molecular complexity index is 652. The van der Waals surface area contributed by atoms with Crippen molar-refractivity contribution in [3.05, 3.63) is 29.3 Å². The van der Waals surface area contributed by atoms with Gasteiger partial charge >= 0.3 is 0 Å². The summed E-state index contributed by atoms with van der Waals surface area (Å²) in [7, 11) is 2.23. The largest absolute Gasteiger partial charge is 0.508 e. The van der Waals surface area contributed by atoms with Crippen LogP contribution in [-0.2, 0) is 11.8 Å². The van der Waals surface area contributed by atoms with E-state index in [1.807, 2.05) is 12.1 Å². The quantitative estimate of drug-likeness (QED) is 0.821. The van der Waals surface area contributed by atoms with E-state index in [4.69, 9.17) is 0 Å². The molecular formula is C23H35NO2. The van der Waals surface area contributed by atoms with Crippen LogP contribution >= 0.6 is 0 Å². The van der Waals surface area contributed by atoms with Crippen LogP contribution < -0.4 is 0 Å². The first-order valence-electron chi connectivity index (χ1n) is 10.7. The molecule has 2 unspecified atom stereocenters. The van der Waals surface area contributed by atoms with Crippen molar-refractivity contribution in [3.63, 3.8) is 0 Å². The molecule has 3 nitrogen and oxygen atoms in total. The Morgan fingerprint density at radius 3 is 2.62 bits per heavy atom. The van der Waals surface area contributed by atoms with Crippen LogP contribution in [0, 0.1) is 5.92 Å². The molecule has 0 aliphatic heterocycles. The summed E-state index contributed by atoms with van der Waals surface area (Å²) in [6, 6.07) is 6.09. The highest BCUT2D eigenvalue weighted by molar-refractivity contribution is 5.47. The highest BCUT2D eigenvalue weighted by Gasteiger charge is 2.60.